The zero-order chi connectivity index (χ0) is 13.4. The van der Waals surface area contributed by atoms with Crippen molar-refractivity contribution in [1.29, 1.82) is 0 Å². The first-order valence-electron chi connectivity index (χ1n) is 6.77. The van der Waals surface area contributed by atoms with Gasteiger partial charge in [0.1, 0.15) is 0 Å². The van der Waals surface area contributed by atoms with Crippen LogP contribution in [0.4, 0.5) is 5.69 Å². The average molecular weight is 257 g/mol. The monoisotopic (exact) mass is 257 g/mol. The van der Waals surface area contributed by atoms with Crippen molar-refractivity contribution in [3.8, 4) is 0 Å². The normalized spacial score (nSPS) is 15.4. The van der Waals surface area contributed by atoms with Crippen LogP contribution in [-0.2, 0) is 0 Å². The number of nitrogens with one attached hydrogen (secondary N) is 1. The van der Waals surface area contributed by atoms with Crippen LogP contribution in [0.2, 0.25) is 0 Å². The van der Waals surface area contributed by atoms with E-state index >= 15 is 0 Å². The molecule has 100 valence electrons. The third-order valence-electron chi connectivity index (χ3n) is 4.04. The second-order valence-corrected chi connectivity index (χ2v) is 5.49. The van der Waals surface area contributed by atoms with Gasteiger partial charge in [0.25, 0.3) is 5.91 Å². The molecule has 0 aliphatic heterocycles. The summed E-state index contributed by atoms with van der Waals surface area (Å²) in [6.45, 7) is 0.855. The van der Waals surface area contributed by atoms with Gasteiger partial charge in [-0.1, -0.05) is 6.42 Å². The van der Waals surface area contributed by atoms with E-state index in [9.17, 15) is 4.79 Å². The number of nitrogen functional groups attached to an aromatic ring is 1. The van der Waals surface area contributed by atoms with Crippen LogP contribution >= 0.6 is 0 Å². The molecule has 1 fully saturated rings. The zero-order valence-electron chi connectivity index (χ0n) is 11.1. The van der Waals surface area contributed by atoms with E-state index in [0.717, 1.165) is 17.4 Å². The van der Waals surface area contributed by atoms with Crippen LogP contribution in [0.1, 0.15) is 29.6 Å². The van der Waals surface area contributed by atoms with Gasteiger partial charge in [0.15, 0.2) is 0 Å². The van der Waals surface area contributed by atoms with Crippen LogP contribution in [0.15, 0.2) is 24.4 Å². The summed E-state index contributed by atoms with van der Waals surface area (Å²) < 4.78 is 0. The summed E-state index contributed by atoms with van der Waals surface area (Å²) in [7, 11) is 1.88. The highest BCUT2D eigenvalue weighted by Gasteiger charge is 2.23. The predicted octanol–water partition coefficient (Wildman–Crippen LogP) is 2.62. The largest absolute Gasteiger partial charge is 0.399 e. The van der Waals surface area contributed by atoms with E-state index in [1.54, 1.807) is 6.20 Å². The Kier molecular flexibility index (Phi) is 2.93. The number of nitrogens with two attached hydrogens (primary N) is 1. The summed E-state index contributed by atoms with van der Waals surface area (Å²) in [5, 5.41) is 0.908. The molecule has 0 saturated heterocycles. The van der Waals surface area contributed by atoms with Crippen LogP contribution in [-0.4, -0.2) is 29.4 Å². The molecule has 1 aromatic heterocycles. The van der Waals surface area contributed by atoms with Crippen LogP contribution in [0, 0.1) is 5.92 Å². The van der Waals surface area contributed by atoms with Crippen molar-refractivity contribution in [2.45, 2.75) is 19.3 Å². The van der Waals surface area contributed by atoms with E-state index in [1.807, 2.05) is 30.1 Å². The maximum atomic E-state index is 12.5. The Morgan fingerprint density at radius 2 is 2.26 bits per heavy atom. The van der Waals surface area contributed by atoms with E-state index in [2.05, 4.69) is 4.98 Å². The summed E-state index contributed by atoms with van der Waals surface area (Å²) in [6, 6.07) is 5.61. The molecule has 4 nitrogen and oxygen atoms in total. The van der Waals surface area contributed by atoms with Crippen molar-refractivity contribution in [1.82, 2.24) is 9.88 Å². The van der Waals surface area contributed by atoms with E-state index in [0.29, 0.717) is 17.2 Å². The van der Waals surface area contributed by atoms with E-state index < -0.39 is 0 Å². The zero-order valence-corrected chi connectivity index (χ0v) is 11.1. The minimum atomic E-state index is 0.0729. The Labute approximate surface area is 112 Å². The van der Waals surface area contributed by atoms with Gasteiger partial charge in [-0.25, -0.2) is 0 Å². The molecule has 3 rings (SSSR count). The fourth-order valence-corrected chi connectivity index (χ4v) is 2.67. The van der Waals surface area contributed by atoms with Gasteiger partial charge in [-0.15, -0.1) is 0 Å². The summed E-state index contributed by atoms with van der Waals surface area (Å²) >= 11 is 0. The lowest BCUT2D eigenvalue weighted by Crippen LogP contribution is -2.34. The highest BCUT2D eigenvalue weighted by atomic mass is 16.2. The molecule has 4 heteroatoms. The molecule has 0 atom stereocenters. The van der Waals surface area contributed by atoms with Crippen molar-refractivity contribution in [3.63, 3.8) is 0 Å². The molecule has 0 unspecified atom stereocenters. The second-order valence-electron chi connectivity index (χ2n) is 5.49. The number of H-pyrrole nitrogens is 1. The fourth-order valence-electron chi connectivity index (χ4n) is 2.67. The molecule has 3 N–H and O–H groups in total. The van der Waals surface area contributed by atoms with Crippen molar-refractivity contribution >= 4 is 22.5 Å². The van der Waals surface area contributed by atoms with Crippen molar-refractivity contribution in [2.75, 3.05) is 19.3 Å². The first-order chi connectivity index (χ1) is 9.15. The predicted molar refractivity (Wildman–Crippen MR) is 77.0 cm³/mol. The number of nitrogens with zero attached hydrogens (tertiary/aromatic N) is 1. The molecule has 0 bridgehead atoms. The topological polar surface area (TPSA) is 62.1 Å². The number of amides is 1. The van der Waals surface area contributed by atoms with Gasteiger partial charge in [0.2, 0.25) is 0 Å². The third-order valence-corrected chi connectivity index (χ3v) is 4.04. The van der Waals surface area contributed by atoms with Gasteiger partial charge in [0, 0.05) is 36.4 Å². The number of hydrogen-bond acceptors (Lipinski definition) is 2. The summed E-state index contributed by atoms with van der Waals surface area (Å²) in [6.07, 6.45) is 5.58. The van der Waals surface area contributed by atoms with Crippen molar-refractivity contribution < 1.29 is 4.79 Å². The van der Waals surface area contributed by atoms with Gasteiger partial charge in [-0.3, -0.25) is 4.79 Å². The van der Waals surface area contributed by atoms with Gasteiger partial charge < -0.3 is 15.6 Å². The second kappa shape index (κ2) is 4.61. The van der Waals surface area contributed by atoms with Crippen LogP contribution in [0.5, 0.6) is 0 Å². The number of aromatic nitrogens is 1. The van der Waals surface area contributed by atoms with E-state index in [-0.39, 0.29) is 5.91 Å². The highest BCUT2D eigenvalue weighted by molar-refractivity contribution is 6.07. The van der Waals surface area contributed by atoms with Crippen LogP contribution in [0.3, 0.4) is 0 Å². The van der Waals surface area contributed by atoms with E-state index in [1.165, 1.54) is 19.3 Å². The Balaban J connectivity index is 1.85. The van der Waals surface area contributed by atoms with Crippen molar-refractivity contribution in [3.05, 3.63) is 30.0 Å². The summed E-state index contributed by atoms with van der Waals surface area (Å²) in [5.41, 5.74) is 8.15. The third kappa shape index (κ3) is 2.18. The number of anilines is 1. The van der Waals surface area contributed by atoms with Crippen molar-refractivity contribution in [2.24, 2.45) is 5.92 Å². The van der Waals surface area contributed by atoms with Crippen LogP contribution < -0.4 is 5.73 Å². The average Bonchev–Trinajstić information content (AvgIpc) is 2.75. The molecule has 1 aliphatic carbocycles. The molecular formula is C15H19N3O. The maximum Gasteiger partial charge on any atom is 0.255 e. The minimum Gasteiger partial charge on any atom is -0.399 e. The SMILES string of the molecule is CN(CC1CCC1)C(=O)c1c[nH]c2ccc(N)cc12. The highest BCUT2D eigenvalue weighted by Crippen LogP contribution is 2.28. The van der Waals surface area contributed by atoms with Gasteiger partial charge in [0.05, 0.1) is 5.56 Å². The lowest BCUT2D eigenvalue weighted by molar-refractivity contribution is 0.0747. The molecular weight excluding hydrogens is 238 g/mol. The number of aromatic amines is 1. The molecule has 0 spiro atoms. The number of fused-ring (bicyclic) bond motifs is 1. The number of benzene rings is 1. The first kappa shape index (κ1) is 12.1. The maximum absolute atomic E-state index is 12.5. The Morgan fingerprint density at radius 3 is 2.95 bits per heavy atom. The standard InChI is InChI=1S/C15H19N3O/c1-18(9-10-3-2-4-10)15(19)13-8-17-14-6-5-11(16)7-12(13)14/h5-8,10,17H,2-4,9,16H2,1H3. The molecule has 1 amide bonds. The lowest BCUT2D eigenvalue weighted by atomic mass is 9.85. The van der Waals surface area contributed by atoms with Gasteiger partial charge in [-0.2, -0.15) is 0 Å². The smallest absolute Gasteiger partial charge is 0.255 e. The quantitative estimate of drug-likeness (QED) is 0.830. The summed E-state index contributed by atoms with van der Waals surface area (Å²) in [5.74, 6) is 0.757. The lowest BCUT2D eigenvalue weighted by Gasteiger charge is -2.30. The minimum absolute atomic E-state index is 0.0729. The molecule has 2 aromatic rings. The molecule has 19 heavy (non-hydrogen) atoms. The van der Waals surface area contributed by atoms with Gasteiger partial charge in [-0.05, 0) is 37.0 Å². The Morgan fingerprint density at radius 1 is 1.47 bits per heavy atom. The van der Waals surface area contributed by atoms with Gasteiger partial charge >= 0.3 is 0 Å². The number of rotatable bonds is 3. The number of carbonyl (C=O) groups excluding carboxylic acids is 1. The Hall–Kier alpha value is -1.97. The molecule has 1 aliphatic rings. The fraction of sp³-hybridized carbons (Fsp3) is 0.400. The van der Waals surface area contributed by atoms with Crippen LogP contribution in [0.25, 0.3) is 10.9 Å². The number of carbonyl (C=O) groups is 1. The molecule has 1 aromatic carbocycles. The molecule has 1 saturated carbocycles. The Bertz CT molecular complexity index is 613. The number of hydrogen-bond donors (Lipinski definition) is 2. The molecule has 1 heterocycles. The molecule has 0 radical (unpaired) electrons. The van der Waals surface area contributed by atoms with E-state index in [4.69, 9.17) is 5.73 Å². The first-order valence-corrected chi connectivity index (χ1v) is 6.77. The summed E-state index contributed by atoms with van der Waals surface area (Å²) in [4.78, 5) is 17.4.